The van der Waals surface area contributed by atoms with Gasteiger partial charge in [0.15, 0.2) is 0 Å². The lowest BCUT2D eigenvalue weighted by Gasteiger charge is -2.18. The number of nitrogens with zero attached hydrogens (tertiary/aromatic N) is 3. The Kier molecular flexibility index (Phi) is 8.97. The van der Waals surface area contributed by atoms with Crippen LogP contribution in [-0.4, -0.2) is 27.4 Å². The Bertz CT molecular complexity index is 1740. The predicted molar refractivity (Wildman–Crippen MR) is 155 cm³/mol. The molecule has 1 N–H and O–H groups in total. The molecule has 0 aliphatic rings. The summed E-state index contributed by atoms with van der Waals surface area (Å²) in [6, 6.07) is 21.1. The van der Waals surface area contributed by atoms with E-state index in [2.05, 4.69) is 5.32 Å². The molecule has 0 fully saturated rings. The molecule has 1 amide bonds. The fourth-order valence-electron chi connectivity index (χ4n) is 4.84. The molecule has 1 aromatic heterocycles. The molecule has 0 bridgehead atoms. The number of rotatable bonds is 10. The molecule has 3 aromatic carbocycles. The van der Waals surface area contributed by atoms with Crippen molar-refractivity contribution in [1.82, 2.24) is 14.5 Å². The third-order valence-corrected chi connectivity index (χ3v) is 7.24. The minimum Gasteiger partial charge on any atom is -0.351 e. The quantitative estimate of drug-likeness (QED) is 0.310. The molecule has 40 heavy (non-hydrogen) atoms. The molecule has 204 valence electrons. The summed E-state index contributed by atoms with van der Waals surface area (Å²) < 4.78 is 2.76. The first-order valence-electron chi connectivity index (χ1n) is 13.1. The highest BCUT2D eigenvalue weighted by Crippen LogP contribution is 2.22. The Morgan fingerprint density at radius 3 is 2.35 bits per heavy atom. The number of aryl methyl sites for hydroxylation is 1. The van der Waals surface area contributed by atoms with E-state index in [0.29, 0.717) is 28.6 Å². The molecule has 0 aliphatic carbocycles. The number of hydrogen-bond acceptors (Lipinski definition) is 5. The summed E-state index contributed by atoms with van der Waals surface area (Å²) in [6.07, 6.45) is 0.277. The molecule has 8 nitrogen and oxygen atoms in total. The van der Waals surface area contributed by atoms with Crippen LogP contribution in [0.1, 0.15) is 53.2 Å². The first kappa shape index (κ1) is 28.5. The second-order valence-corrected chi connectivity index (χ2v) is 9.88. The van der Waals surface area contributed by atoms with Crippen LogP contribution >= 0.6 is 11.6 Å². The fraction of sp³-hybridized carbons (Fsp3) is 0.258. The maximum Gasteiger partial charge on any atom is 0.331 e. The number of aromatic nitrogens is 2. The van der Waals surface area contributed by atoms with Crippen LogP contribution in [0.5, 0.6) is 0 Å². The Morgan fingerprint density at radius 2 is 1.70 bits per heavy atom. The SMILES string of the molecule is CCn1c(=O)c2cc(CC(=O)CC(CNC(=O)c3ccc(C#N)c(Cl)c3)c3ccccc3)ccc2n(CC)c1=O. The molecule has 0 radical (unpaired) electrons. The Morgan fingerprint density at radius 1 is 0.975 bits per heavy atom. The number of nitrogens with one attached hydrogen (secondary N) is 1. The van der Waals surface area contributed by atoms with Gasteiger partial charge in [-0.15, -0.1) is 0 Å². The summed E-state index contributed by atoms with van der Waals surface area (Å²) >= 11 is 6.08. The van der Waals surface area contributed by atoms with E-state index in [0.717, 1.165) is 5.56 Å². The lowest BCUT2D eigenvalue weighted by molar-refractivity contribution is -0.118. The van der Waals surface area contributed by atoms with Gasteiger partial charge in [0.05, 0.1) is 21.5 Å². The summed E-state index contributed by atoms with van der Waals surface area (Å²) in [5.41, 5.74) is 2.03. The van der Waals surface area contributed by atoms with E-state index in [9.17, 15) is 19.2 Å². The molecule has 9 heteroatoms. The van der Waals surface area contributed by atoms with E-state index in [4.69, 9.17) is 16.9 Å². The van der Waals surface area contributed by atoms with Crippen LogP contribution in [0.4, 0.5) is 0 Å². The fourth-order valence-corrected chi connectivity index (χ4v) is 5.06. The van der Waals surface area contributed by atoms with Gasteiger partial charge in [-0.1, -0.05) is 48.0 Å². The van der Waals surface area contributed by atoms with Gasteiger partial charge < -0.3 is 5.32 Å². The summed E-state index contributed by atoms with van der Waals surface area (Å²) in [7, 11) is 0. The zero-order valence-corrected chi connectivity index (χ0v) is 23.1. The molecular formula is C31H29ClN4O4. The first-order valence-corrected chi connectivity index (χ1v) is 13.5. The Balaban J connectivity index is 1.54. The van der Waals surface area contributed by atoms with E-state index >= 15 is 0 Å². The molecule has 4 rings (SSSR count). The molecule has 0 saturated carbocycles. The molecule has 0 aliphatic heterocycles. The number of fused-ring (bicyclic) bond motifs is 1. The van der Waals surface area contributed by atoms with E-state index in [-0.39, 0.29) is 65.4 Å². The standard InChI is InChI=1S/C31H29ClN4O4/c1-3-35-28-13-10-20(15-26(28)30(39)36(4-2)31(35)40)14-25(37)16-24(21-8-6-5-7-9-21)19-34-29(38)22-11-12-23(18-33)27(32)17-22/h5-13,15,17,24H,3-4,14,16,19H2,1-2H3,(H,34,38). The van der Waals surface area contributed by atoms with Crippen LogP contribution in [0.3, 0.4) is 0 Å². The van der Waals surface area contributed by atoms with Gasteiger partial charge in [0, 0.05) is 44.0 Å². The van der Waals surface area contributed by atoms with Crippen molar-refractivity contribution in [3.8, 4) is 6.07 Å². The Hall–Kier alpha value is -4.48. The third-order valence-electron chi connectivity index (χ3n) is 6.93. The van der Waals surface area contributed by atoms with Gasteiger partial charge >= 0.3 is 5.69 Å². The van der Waals surface area contributed by atoms with Gasteiger partial charge in [-0.2, -0.15) is 5.26 Å². The van der Waals surface area contributed by atoms with Gasteiger partial charge in [0.25, 0.3) is 11.5 Å². The lowest BCUT2D eigenvalue weighted by Crippen LogP contribution is -2.39. The number of Topliss-reactive ketones (excluding diaryl/α,β-unsaturated/α-hetero) is 1. The molecule has 0 spiro atoms. The predicted octanol–water partition coefficient (Wildman–Crippen LogP) is 4.44. The van der Waals surface area contributed by atoms with Crippen LogP contribution < -0.4 is 16.6 Å². The molecule has 0 saturated heterocycles. The van der Waals surface area contributed by atoms with Crippen molar-refractivity contribution >= 4 is 34.2 Å². The maximum absolute atomic E-state index is 13.2. The van der Waals surface area contributed by atoms with Crippen molar-refractivity contribution in [1.29, 1.82) is 5.26 Å². The number of amides is 1. The van der Waals surface area contributed by atoms with Gasteiger partial charge in [-0.25, -0.2) is 4.79 Å². The summed E-state index contributed by atoms with van der Waals surface area (Å²) in [5.74, 6) is -0.693. The minimum absolute atomic E-state index is 0.0523. The zero-order chi connectivity index (χ0) is 28.8. The second-order valence-electron chi connectivity index (χ2n) is 9.47. The number of carbonyl (C=O) groups excluding carboxylic acids is 2. The molecular weight excluding hydrogens is 528 g/mol. The van der Waals surface area contributed by atoms with Gasteiger partial charge in [0.1, 0.15) is 11.9 Å². The first-order chi connectivity index (χ1) is 19.3. The van der Waals surface area contributed by atoms with E-state index in [1.165, 1.54) is 22.8 Å². The van der Waals surface area contributed by atoms with E-state index < -0.39 is 0 Å². The monoisotopic (exact) mass is 556 g/mol. The van der Waals surface area contributed by atoms with Crippen molar-refractivity contribution in [3.05, 3.63) is 115 Å². The summed E-state index contributed by atoms with van der Waals surface area (Å²) in [5, 5.41) is 12.6. The smallest absolute Gasteiger partial charge is 0.331 e. The number of halogens is 1. The van der Waals surface area contributed by atoms with Crippen molar-refractivity contribution in [2.45, 2.75) is 45.7 Å². The van der Waals surface area contributed by atoms with Gasteiger partial charge in [0.2, 0.25) is 0 Å². The Labute approximate surface area is 236 Å². The van der Waals surface area contributed by atoms with Crippen LogP contribution in [0, 0.1) is 11.3 Å². The van der Waals surface area contributed by atoms with E-state index in [1.54, 1.807) is 29.7 Å². The van der Waals surface area contributed by atoms with Crippen LogP contribution in [0.2, 0.25) is 5.02 Å². The van der Waals surface area contributed by atoms with Crippen LogP contribution in [0.25, 0.3) is 10.9 Å². The number of carbonyl (C=O) groups is 2. The number of ketones is 1. The number of benzene rings is 3. The number of hydrogen-bond donors (Lipinski definition) is 1. The minimum atomic E-state index is -0.366. The topological polar surface area (TPSA) is 114 Å². The highest BCUT2D eigenvalue weighted by atomic mass is 35.5. The summed E-state index contributed by atoms with van der Waals surface area (Å²) in [6.45, 7) is 4.50. The maximum atomic E-state index is 13.2. The molecule has 1 unspecified atom stereocenters. The molecule has 1 atom stereocenters. The van der Waals surface area contributed by atoms with Crippen LogP contribution in [0.15, 0.2) is 76.3 Å². The summed E-state index contributed by atoms with van der Waals surface area (Å²) in [4.78, 5) is 51.7. The lowest BCUT2D eigenvalue weighted by atomic mass is 9.91. The van der Waals surface area contributed by atoms with Crippen molar-refractivity contribution in [2.75, 3.05) is 6.54 Å². The van der Waals surface area contributed by atoms with Gasteiger partial charge in [-0.05, 0) is 55.3 Å². The van der Waals surface area contributed by atoms with Crippen molar-refractivity contribution < 1.29 is 9.59 Å². The highest BCUT2D eigenvalue weighted by molar-refractivity contribution is 6.32. The zero-order valence-electron chi connectivity index (χ0n) is 22.3. The largest absolute Gasteiger partial charge is 0.351 e. The van der Waals surface area contributed by atoms with Crippen molar-refractivity contribution in [3.63, 3.8) is 0 Å². The third kappa shape index (κ3) is 6.05. The average Bonchev–Trinajstić information content (AvgIpc) is 2.96. The second kappa shape index (κ2) is 12.6. The van der Waals surface area contributed by atoms with Crippen molar-refractivity contribution in [2.24, 2.45) is 0 Å². The molecule has 4 aromatic rings. The molecule has 1 heterocycles. The van der Waals surface area contributed by atoms with Gasteiger partial charge in [-0.3, -0.25) is 23.5 Å². The highest BCUT2D eigenvalue weighted by Gasteiger charge is 2.19. The van der Waals surface area contributed by atoms with Crippen LogP contribution in [-0.2, 0) is 24.3 Å². The average molecular weight is 557 g/mol. The normalized spacial score (nSPS) is 11.7. The number of nitriles is 1. The van der Waals surface area contributed by atoms with E-state index in [1.807, 2.05) is 43.3 Å².